The van der Waals surface area contributed by atoms with Gasteiger partial charge in [-0.15, -0.1) is 0 Å². The monoisotopic (exact) mass is 622 g/mol. The average Bonchev–Trinajstić information content (AvgIpc) is 3.53. The number of ether oxygens (including phenoxy) is 2. The number of halogens is 3. The number of allylic oxidation sites excluding steroid dienone is 4. The minimum Gasteiger partial charge on any atom is -0.396 e. The van der Waals surface area contributed by atoms with Gasteiger partial charge in [0.05, 0.1) is 12.2 Å². The van der Waals surface area contributed by atoms with Crippen LogP contribution in [0.5, 0.6) is 0 Å². The first-order valence-corrected chi connectivity index (χ1v) is 16.7. The second-order valence-electron chi connectivity index (χ2n) is 13.1. The summed E-state index contributed by atoms with van der Waals surface area (Å²) in [5, 5.41) is 10.4. The maximum atomic E-state index is 13.1. The summed E-state index contributed by atoms with van der Waals surface area (Å²) in [7, 11) is -4.16. The third-order valence-electron chi connectivity index (χ3n) is 9.32. The fraction of sp³-hybridized carbons (Fsp3) is 0.812. The first-order chi connectivity index (χ1) is 19.5. The third kappa shape index (κ3) is 9.08. The minimum atomic E-state index is -5.77. The van der Waals surface area contributed by atoms with Crippen molar-refractivity contribution in [1.82, 2.24) is 0 Å². The lowest BCUT2D eigenvalue weighted by atomic mass is 9.77. The number of alkyl halides is 3. The summed E-state index contributed by atoms with van der Waals surface area (Å²) in [4.78, 5) is 0. The Bertz CT molecular complexity index is 1060. The lowest BCUT2D eigenvalue weighted by Gasteiger charge is -2.30. The average molecular weight is 623 g/mol. The van der Waals surface area contributed by atoms with E-state index in [2.05, 4.69) is 64.8 Å². The van der Waals surface area contributed by atoms with E-state index in [9.17, 15) is 26.7 Å². The molecule has 244 valence electrons. The smallest absolute Gasteiger partial charge is 0.396 e. The second kappa shape index (κ2) is 15.1. The minimum absolute atomic E-state index is 0.0235. The van der Waals surface area contributed by atoms with Gasteiger partial charge in [0.1, 0.15) is 12.6 Å². The highest BCUT2D eigenvalue weighted by molar-refractivity contribution is 7.87. The van der Waals surface area contributed by atoms with Gasteiger partial charge < -0.3 is 18.8 Å². The molecular formula is C32H53F3O6S. The lowest BCUT2D eigenvalue weighted by molar-refractivity contribution is -0.128. The predicted molar refractivity (Wildman–Crippen MR) is 160 cm³/mol. The molecule has 0 saturated heterocycles. The Hall–Kier alpha value is -1.36. The molecule has 0 unspecified atom stereocenters. The molecule has 2 aliphatic carbocycles. The van der Waals surface area contributed by atoms with Gasteiger partial charge in [-0.1, -0.05) is 71.3 Å². The molecule has 0 bridgehead atoms. The molecule has 0 aromatic heterocycles. The van der Waals surface area contributed by atoms with Gasteiger partial charge in [-0.2, -0.15) is 21.6 Å². The fourth-order valence-corrected chi connectivity index (χ4v) is 6.79. The van der Waals surface area contributed by atoms with Crippen LogP contribution in [-0.2, 0) is 23.8 Å². The molecule has 6 nitrogen and oxygen atoms in total. The van der Waals surface area contributed by atoms with Gasteiger partial charge >= 0.3 is 15.6 Å². The summed E-state index contributed by atoms with van der Waals surface area (Å²) in [5.74, 6) is 0.481. The van der Waals surface area contributed by atoms with Crippen LogP contribution in [0, 0.1) is 40.9 Å². The quantitative estimate of drug-likeness (QED) is 0.0678. The van der Waals surface area contributed by atoms with Crippen molar-refractivity contribution in [3.63, 3.8) is 0 Å². The van der Waals surface area contributed by atoms with Crippen LogP contribution >= 0.6 is 0 Å². The number of aliphatic hydroxyl groups is 1. The van der Waals surface area contributed by atoms with E-state index in [-0.39, 0.29) is 42.5 Å². The standard InChI is InChI=1S/C32H53F3O6S/c1-9-11-25(18-27(20-36)31-19-26(31)16-17-29(31)41-42(37,38)32(33,34)35)28(22(2)3)13-10-12-23(4)14-15-24(5)30(6,7)40-21-39-8/h14-15,17-18,22-24,26-28,36H,9-13,16,19-21H2,1-8H3/b15-14+,25-18+/t23-,24-,26+,27-,28+,31-/m0/s1. The first-order valence-electron chi connectivity index (χ1n) is 15.3. The van der Waals surface area contributed by atoms with Gasteiger partial charge in [0.25, 0.3) is 0 Å². The Morgan fingerprint density at radius 2 is 1.83 bits per heavy atom. The summed E-state index contributed by atoms with van der Waals surface area (Å²) in [6, 6.07) is 0. The van der Waals surface area contributed by atoms with Crippen LogP contribution in [0.15, 0.2) is 35.6 Å². The van der Waals surface area contributed by atoms with Crippen molar-refractivity contribution in [2.45, 2.75) is 105 Å². The van der Waals surface area contributed by atoms with E-state index in [0.29, 0.717) is 24.7 Å². The van der Waals surface area contributed by atoms with Crippen molar-refractivity contribution in [1.29, 1.82) is 0 Å². The number of hydrogen-bond acceptors (Lipinski definition) is 6. The zero-order valence-corrected chi connectivity index (χ0v) is 27.5. The van der Waals surface area contributed by atoms with Gasteiger partial charge in [-0.3, -0.25) is 0 Å². The zero-order valence-electron chi connectivity index (χ0n) is 26.7. The molecule has 1 N–H and O–H groups in total. The van der Waals surface area contributed by atoms with Crippen LogP contribution in [0.3, 0.4) is 0 Å². The van der Waals surface area contributed by atoms with E-state index < -0.39 is 27.0 Å². The topological polar surface area (TPSA) is 82.1 Å². The van der Waals surface area contributed by atoms with E-state index in [1.54, 1.807) is 7.11 Å². The number of fused-ring (bicyclic) bond motifs is 1. The molecular weight excluding hydrogens is 569 g/mol. The Kier molecular flexibility index (Phi) is 13.2. The highest BCUT2D eigenvalue weighted by Crippen LogP contribution is 2.69. The molecule has 1 saturated carbocycles. The van der Waals surface area contributed by atoms with Gasteiger partial charge in [-0.25, -0.2) is 0 Å². The highest BCUT2D eigenvalue weighted by Gasteiger charge is 2.66. The second-order valence-corrected chi connectivity index (χ2v) is 14.6. The molecule has 6 atom stereocenters. The van der Waals surface area contributed by atoms with Crippen LogP contribution in [0.25, 0.3) is 0 Å². The summed E-state index contributed by atoms with van der Waals surface area (Å²) >= 11 is 0. The van der Waals surface area contributed by atoms with Crippen molar-refractivity contribution in [2.24, 2.45) is 40.9 Å². The maximum Gasteiger partial charge on any atom is 0.534 e. The van der Waals surface area contributed by atoms with Crippen molar-refractivity contribution >= 4 is 10.1 Å². The zero-order chi connectivity index (χ0) is 31.9. The van der Waals surface area contributed by atoms with Crippen molar-refractivity contribution in [3.8, 4) is 0 Å². The molecule has 0 spiro atoms. The number of aliphatic hydroxyl groups excluding tert-OH is 1. The van der Waals surface area contributed by atoms with Crippen LogP contribution in [0.4, 0.5) is 13.2 Å². The third-order valence-corrected chi connectivity index (χ3v) is 10.3. The van der Waals surface area contributed by atoms with Crippen LogP contribution in [0.1, 0.15) is 93.4 Å². The van der Waals surface area contributed by atoms with Crippen LogP contribution in [0.2, 0.25) is 0 Å². The SMILES string of the molecule is CCC/C(=C\[C@@H](CO)[C@]12C[C@H]1CC=C2OS(=O)(=O)C(F)(F)F)[C@H](CCC[C@H](C)/C=C/[C@H](C)C(C)(C)OCOC)C(C)C. The van der Waals surface area contributed by atoms with Gasteiger partial charge in [0, 0.05) is 24.4 Å². The molecule has 1 fully saturated rings. The van der Waals surface area contributed by atoms with E-state index in [4.69, 9.17) is 9.47 Å². The summed E-state index contributed by atoms with van der Waals surface area (Å²) in [6.45, 7) is 14.8. The Morgan fingerprint density at radius 1 is 1.17 bits per heavy atom. The van der Waals surface area contributed by atoms with Gasteiger partial charge in [0.15, 0.2) is 0 Å². The normalized spacial score (nSPS) is 24.5. The molecule has 0 aliphatic heterocycles. The Labute approximate surface area is 251 Å². The lowest BCUT2D eigenvalue weighted by Crippen LogP contribution is -2.32. The predicted octanol–water partition coefficient (Wildman–Crippen LogP) is 8.15. The van der Waals surface area contributed by atoms with E-state index in [0.717, 1.165) is 32.1 Å². The van der Waals surface area contributed by atoms with Gasteiger partial charge in [0.2, 0.25) is 0 Å². The van der Waals surface area contributed by atoms with Crippen LogP contribution < -0.4 is 0 Å². The highest BCUT2D eigenvalue weighted by atomic mass is 32.2. The van der Waals surface area contributed by atoms with Gasteiger partial charge in [-0.05, 0) is 75.7 Å². The van der Waals surface area contributed by atoms with E-state index >= 15 is 0 Å². The summed E-state index contributed by atoms with van der Waals surface area (Å²) in [5.41, 5.74) is -5.55. The number of hydrogen-bond donors (Lipinski definition) is 1. The van der Waals surface area contributed by atoms with Crippen molar-refractivity contribution in [3.05, 3.63) is 35.6 Å². The molecule has 0 aromatic carbocycles. The fourth-order valence-electron chi connectivity index (χ4n) is 6.23. The molecule has 2 aliphatic rings. The molecule has 10 heteroatoms. The molecule has 2 rings (SSSR count). The van der Waals surface area contributed by atoms with Crippen molar-refractivity contribution in [2.75, 3.05) is 20.5 Å². The Morgan fingerprint density at radius 3 is 2.36 bits per heavy atom. The Balaban J connectivity index is 2.15. The largest absolute Gasteiger partial charge is 0.534 e. The summed E-state index contributed by atoms with van der Waals surface area (Å²) in [6.07, 6.45) is 13.6. The first kappa shape index (κ1) is 36.8. The maximum absolute atomic E-state index is 13.1. The number of methoxy groups -OCH3 is 1. The van der Waals surface area contributed by atoms with Crippen LogP contribution in [-0.4, -0.2) is 45.1 Å². The molecule has 0 aromatic rings. The summed E-state index contributed by atoms with van der Waals surface area (Å²) < 4.78 is 78.4. The van der Waals surface area contributed by atoms with E-state index in [1.807, 2.05) is 6.08 Å². The number of rotatable bonds is 19. The molecule has 0 amide bonds. The molecule has 0 heterocycles. The van der Waals surface area contributed by atoms with E-state index in [1.165, 1.54) is 11.6 Å². The molecule has 42 heavy (non-hydrogen) atoms. The molecule has 0 radical (unpaired) electrons. The van der Waals surface area contributed by atoms with Crippen molar-refractivity contribution < 1.29 is 40.4 Å².